The minimum Gasteiger partial charge on any atom is -1.00 e. The maximum atomic E-state index is 7.76. The number of rotatable bonds is 2. The van der Waals surface area contributed by atoms with Gasteiger partial charge in [0.1, 0.15) is 0 Å². The van der Waals surface area contributed by atoms with Crippen LogP contribution >= 0.6 is 11.6 Å². The smallest absolute Gasteiger partial charge is 1.00 e. The molecule has 1 aliphatic heterocycles. The quantitative estimate of drug-likeness (QED) is 0.182. The molecular weight excluding hydrogens is 572 g/mol. The Bertz CT molecular complexity index is 715. The summed E-state index contributed by atoms with van der Waals surface area (Å²) in [6, 6.07) is 13.1. The number of halogens is 3. The third-order valence-corrected chi connectivity index (χ3v) is 3.87. The van der Waals surface area contributed by atoms with Crippen molar-refractivity contribution in [3.63, 3.8) is 0 Å². The zero-order valence-corrected chi connectivity index (χ0v) is 17.3. The molecule has 3 rings (SSSR count). The first-order chi connectivity index (χ1) is 10.2. The Morgan fingerprint density at radius 2 is 1.83 bits per heavy atom. The van der Waals surface area contributed by atoms with Gasteiger partial charge in [-0.15, -0.1) is 0 Å². The second kappa shape index (κ2) is 10.4. The topological polar surface area (TPSA) is 52.3 Å². The fourth-order valence-electron chi connectivity index (χ4n) is 2.37. The van der Waals surface area contributed by atoms with E-state index in [1.807, 2.05) is 42.5 Å². The van der Waals surface area contributed by atoms with Gasteiger partial charge in [-0.2, -0.15) is 5.10 Å². The number of benzene rings is 1. The Morgan fingerprint density at radius 3 is 2.42 bits per heavy atom. The van der Waals surface area contributed by atoms with Gasteiger partial charge in [-0.3, -0.25) is 9.99 Å². The Morgan fingerprint density at radius 1 is 1.17 bits per heavy atom. The second-order valence-corrected chi connectivity index (χ2v) is 5.45. The molecule has 9 heteroatoms. The van der Waals surface area contributed by atoms with E-state index in [-0.39, 0.29) is 58.4 Å². The minimum absolute atomic E-state index is 0. The van der Waals surface area contributed by atoms with Crippen LogP contribution in [-0.4, -0.2) is 20.9 Å². The van der Waals surface area contributed by atoms with E-state index in [4.69, 9.17) is 29.6 Å². The van der Waals surface area contributed by atoms with Crippen molar-refractivity contribution < 1.29 is 47.2 Å². The first kappa shape index (κ1) is 23.3. The molecule has 1 aliphatic rings. The molecule has 1 aromatic heterocycles. The number of nitrogens with zero attached hydrogens (tertiary/aromatic N) is 3. The van der Waals surface area contributed by atoms with Crippen molar-refractivity contribution in [3.8, 4) is 0 Å². The largest absolute Gasteiger partial charge is 3.00 e. The van der Waals surface area contributed by atoms with Crippen LogP contribution in [0, 0.1) is 5.41 Å². The van der Waals surface area contributed by atoms with Crippen LogP contribution in [-0.2, 0) is 35.0 Å². The molecular formula is C15H12AuCl3N4S. The fraction of sp³-hybridized carbons (Fsp3) is 0.133. The van der Waals surface area contributed by atoms with Crippen molar-refractivity contribution in [1.29, 1.82) is 5.41 Å². The van der Waals surface area contributed by atoms with Crippen LogP contribution in [0.25, 0.3) is 0 Å². The summed E-state index contributed by atoms with van der Waals surface area (Å²) in [5.74, 6) is 0. The van der Waals surface area contributed by atoms with Crippen molar-refractivity contribution in [2.75, 3.05) is 0 Å². The Balaban J connectivity index is 0.00000176. The molecule has 1 atom stereocenters. The Labute approximate surface area is 179 Å². The number of nitrogens with one attached hydrogen (secondary N) is 1. The summed E-state index contributed by atoms with van der Waals surface area (Å²) >= 11 is 11.3. The number of hydrogen-bond acceptors (Lipinski definition) is 4. The van der Waals surface area contributed by atoms with Crippen LogP contribution in [0.4, 0.5) is 0 Å². The molecule has 0 saturated heterocycles. The third-order valence-electron chi connectivity index (χ3n) is 3.34. The number of hydrogen-bond donors (Lipinski definition) is 1. The number of hydrazone groups is 1. The summed E-state index contributed by atoms with van der Waals surface area (Å²) in [6.07, 6.45) is 2.35. The molecule has 0 fully saturated rings. The van der Waals surface area contributed by atoms with E-state index >= 15 is 0 Å². The molecule has 0 aliphatic carbocycles. The fourth-order valence-corrected chi connectivity index (χ4v) is 2.80. The van der Waals surface area contributed by atoms with Crippen molar-refractivity contribution in [2.24, 2.45) is 5.10 Å². The average molecular weight is 584 g/mol. The van der Waals surface area contributed by atoms with Gasteiger partial charge < -0.3 is 42.9 Å². The standard InChI is InChI=1S/C15H13ClN4S.Au.2ClH/c16-11-6-2-1-5-10(11)14-9-13(19-20(14)15(17)21)12-7-3-4-8-18-12;;;/h1-8,14H,9H2,(H2,17,21);;2*1H/q;+3;;/p-3. The van der Waals surface area contributed by atoms with Crippen LogP contribution in [0.3, 0.4) is 0 Å². The first-order valence-corrected chi connectivity index (χ1v) is 7.23. The summed E-state index contributed by atoms with van der Waals surface area (Å²) in [5, 5.41) is 14.4. The SMILES string of the molecule is N=C([S-])N1N=C(c2ccccn2)CC1c1ccccc1Cl.[Au+3].[Cl-].[Cl-]. The van der Waals surface area contributed by atoms with Crippen LogP contribution in [0.2, 0.25) is 5.02 Å². The van der Waals surface area contributed by atoms with Gasteiger partial charge in [0, 0.05) is 17.6 Å². The minimum atomic E-state index is -0.152. The van der Waals surface area contributed by atoms with Crippen molar-refractivity contribution in [3.05, 3.63) is 64.9 Å². The summed E-state index contributed by atoms with van der Waals surface area (Å²) in [7, 11) is 0. The summed E-state index contributed by atoms with van der Waals surface area (Å²) < 4.78 is 0. The number of amidine groups is 1. The molecule has 24 heavy (non-hydrogen) atoms. The monoisotopic (exact) mass is 582 g/mol. The first-order valence-electron chi connectivity index (χ1n) is 6.45. The van der Waals surface area contributed by atoms with Crippen molar-refractivity contribution in [1.82, 2.24) is 9.99 Å². The van der Waals surface area contributed by atoms with Crippen molar-refractivity contribution >= 4 is 35.1 Å². The normalized spacial score (nSPS) is 15.5. The van der Waals surface area contributed by atoms with Gasteiger partial charge in [-0.25, -0.2) is 0 Å². The van der Waals surface area contributed by atoms with E-state index in [1.54, 1.807) is 6.20 Å². The van der Waals surface area contributed by atoms with Gasteiger partial charge in [0.25, 0.3) is 0 Å². The molecule has 4 nitrogen and oxygen atoms in total. The number of aromatic nitrogens is 1. The zero-order valence-electron chi connectivity index (χ0n) is 12.1. The molecule has 130 valence electrons. The molecule has 0 bridgehead atoms. The molecule has 2 heterocycles. The average Bonchev–Trinajstić information content (AvgIpc) is 2.94. The van der Waals surface area contributed by atoms with E-state index in [9.17, 15) is 0 Å². The molecule has 1 unspecified atom stereocenters. The van der Waals surface area contributed by atoms with Gasteiger partial charge in [0.2, 0.25) is 0 Å². The van der Waals surface area contributed by atoms with Gasteiger partial charge in [-0.1, -0.05) is 35.9 Å². The van der Waals surface area contributed by atoms with Crippen LogP contribution in [0.5, 0.6) is 0 Å². The van der Waals surface area contributed by atoms with Gasteiger partial charge in [-0.05, 0) is 28.9 Å². The van der Waals surface area contributed by atoms with E-state index in [1.165, 1.54) is 5.01 Å². The Hall–Kier alpha value is -0.660. The summed E-state index contributed by atoms with van der Waals surface area (Å²) in [6.45, 7) is 0. The van der Waals surface area contributed by atoms with E-state index in [2.05, 4.69) is 10.1 Å². The maximum absolute atomic E-state index is 7.76. The number of pyridine rings is 1. The molecule has 2 aromatic rings. The molecule has 0 radical (unpaired) electrons. The van der Waals surface area contributed by atoms with Crippen molar-refractivity contribution in [2.45, 2.75) is 12.5 Å². The van der Waals surface area contributed by atoms with E-state index < -0.39 is 0 Å². The second-order valence-electron chi connectivity index (χ2n) is 4.65. The van der Waals surface area contributed by atoms with Crippen LogP contribution in [0.1, 0.15) is 23.7 Å². The molecule has 0 spiro atoms. The van der Waals surface area contributed by atoms with Crippen LogP contribution < -0.4 is 24.8 Å². The third kappa shape index (κ3) is 4.92. The summed E-state index contributed by atoms with van der Waals surface area (Å²) in [5.41, 5.74) is 2.53. The predicted molar refractivity (Wildman–Crippen MR) is 86.5 cm³/mol. The summed E-state index contributed by atoms with van der Waals surface area (Å²) in [4.78, 5) is 4.31. The van der Waals surface area contributed by atoms with Gasteiger partial charge in [0.05, 0.1) is 17.4 Å². The molecule has 1 aromatic carbocycles. The molecule has 1 N–H and O–H groups in total. The predicted octanol–water partition coefficient (Wildman–Crippen LogP) is -2.63. The van der Waals surface area contributed by atoms with E-state index in [0.29, 0.717) is 11.4 Å². The van der Waals surface area contributed by atoms with Gasteiger partial charge >= 0.3 is 22.4 Å². The Kier molecular flexibility index (Phi) is 10.1. The van der Waals surface area contributed by atoms with E-state index in [0.717, 1.165) is 17.0 Å². The molecule has 0 amide bonds. The van der Waals surface area contributed by atoms with Crippen LogP contribution in [0.15, 0.2) is 53.8 Å². The zero-order chi connectivity index (χ0) is 14.8. The molecule has 0 saturated carbocycles. The maximum Gasteiger partial charge on any atom is 3.00 e. The van der Waals surface area contributed by atoms with Gasteiger partial charge in [0.15, 0.2) is 0 Å².